The van der Waals surface area contributed by atoms with Gasteiger partial charge in [-0.05, 0) is 18.6 Å². The molecule has 1 rings (SSSR count). The zero-order valence-corrected chi connectivity index (χ0v) is 20.6. The van der Waals surface area contributed by atoms with Crippen molar-refractivity contribution in [2.75, 3.05) is 18.2 Å². The van der Waals surface area contributed by atoms with Crippen LogP contribution in [0.4, 0.5) is 5.69 Å². The highest BCUT2D eigenvalue weighted by molar-refractivity contribution is 7.99. The van der Waals surface area contributed by atoms with Crippen molar-refractivity contribution in [1.82, 2.24) is 9.97 Å². The molecule has 0 aromatic carbocycles. The first-order valence-corrected chi connectivity index (χ1v) is 12.9. The van der Waals surface area contributed by atoms with Crippen LogP contribution in [0, 0.1) is 5.92 Å². The third-order valence-electron chi connectivity index (χ3n) is 5.18. The standard InChI is InChI=1S/C23H41N3OS2/c1-5-8-10-12-13-15-17-19(16-14-11-9-6-2)22(28)26-20-21(27-4)24-18-25-23(20)29-7-3/h18-19H,5-17H2,1-4H3,(H,26,28). The maximum Gasteiger partial charge on any atom is 0.241 e. The van der Waals surface area contributed by atoms with Gasteiger partial charge in [-0.3, -0.25) is 0 Å². The minimum atomic E-state index is 0.414. The molecule has 29 heavy (non-hydrogen) atoms. The quantitative estimate of drug-likeness (QED) is 0.116. The van der Waals surface area contributed by atoms with Crippen LogP contribution in [0.5, 0.6) is 5.88 Å². The smallest absolute Gasteiger partial charge is 0.241 e. The lowest BCUT2D eigenvalue weighted by Crippen LogP contribution is -2.22. The lowest BCUT2D eigenvalue weighted by Gasteiger charge is -2.21. The number of rotatable bonds is 17. The molecule has 0 saturated heterocycles. The molecule has 0 aliphatic rings. The second kappa shape index (κ2) is 16.9. The highest BCUT2D eigenvalue weighted by Crippen LogP contribution is 2.33. The summed E-state index contributed by atoms with van der Waals surface area (Å²) in [5.41, 5.74) is 0.827. The molecule has 1 unspecified atom stereocenters. The van der Waals surface area contributed by atoms with E-state index in [9.17, 15) is 0 Å². The van der Waals surface area contributed by atoms with Crippen LogP contribution in [0.3, 0.4) is 0 Å². The summed E-state index contributed by atoms with van der Waals surface area (Å²) >= 11 is 7.56. The number of aromatic nitrogens is 2. The largest absolute Gasteiger partial charge is 0.479 e. The van der Waals surface area contributed by atoms with Crippen LogP contribution in [0.2, 0.25) is 0 Å². The Balaban J connectivity index is 2.74. The summed E-state index contributed by atoms with van der Waals surface area (Å²) in [7, 11) is 1.65. The van der Waals surface area contributed by atoms with Gasteiger partial charge in [-0.2, -0.15) is 4.98 Å². The lowest BCUT2D eigenvalue weighted by molar-refractivity contribution is 0.397. The Morgan fingerprint density at radius 3 is 2.14 bits per heavy atom. The van der Waals surface area contributed by atoms with Crippen LogP contribution in [-0.2, 0) is 0 Å². The van der Waals surface area contributed by atoms with Gasteiger partial charge in [-0.25, -0.2) is 4.98 Å². The van der Waals surface area contributed by atoms with E-state index in [-0.39, 0.29) is 0 Å². The van der Waals surface area contributed by atoms with Crippen molar-refractivity contribution in [1.29, 1.82) is 0 Å². The molecular weight excluding hydrogens is 398 g/mol. The van der Waals surface area contributed by atoms with Gasteiger partial charge in [-0.1, -0.05) is 97.2 Å². The summed E-state index contributed by atoms with van der Waals surface area (Å²) < 4.78 is 5.48. The Kier molecular flexibility index (Phi) is 15.2. The van der Waals surface area contributed by atoms with E-state index in [2.05, 4.69) is 36.1 Å². The van der Waals surface area contributed by atoms with Crippen molar-refractivity contribution in [3.63, 3.8) is 0 Å². The summed E-state index contributed by atoms with van der Waals surface area (Å²) in [6, 6.07) is 0. The van der Waals surface area contributed by atoms with Gasteiger partial charge in [0.15, 0.2) is 0 Å². The molecule has 1 heterocycles. The predicted molar refractivity (Wildman–Crippen MR) is 131 cm³/mol. The van der Waals surface area contributed by atoms with E-state index >= 15 is 0 Å². The number of thiocarbonyl (C=S) groups is 1. The molecule has 4 nitrogen and oxygen atoms in total. The van der Waals surface area contributed by atoms with Crippen molar-refractivity contribution >= 4 is 34.7 Å². The number of hydrogen-bond donors (Lipinski definition) is 1. The average Bonchev–Trinajstić information content (AvgIpc) is 2.73. The van der Waals surface area contributed by atoms with Crippen molar-refractivity contribution in [2.24, 2.45) is 5.92 Å². The Bertz CT molecular complexity index is 569. The molecule has 1 N–H and O–H groups in total. The molecule has 0 radical (unpaired) electrons. The first kappa shape index (κ1) is 26.2. The number of thioether (sulfide) groups is 1. The molecule has 0 saturated carbocycles. The van der Waals surface area contributed by atoms with Gasteiger partial charge in [0, 0.05) is 5.92 Å². The highest BCUT2D eigenvalue weighted by Gasteiger charge is 2.19. The van der Waals surface area contributed by atoms with Gasteiger partial charge >= 0.3 is 0 Å². The minimum Gasteiger partial charge on any atom is -0.479 e. The van der Waals surface area contributed by atoms with Gasteiger partial charge in [0.25, 0.3) is 0 Å². The zero-order chi connectivity index (χ0) is 21.3. The summed E-state index contributed by atoms with van der Waals surface area (Å²) in [5, 5.41) is 4.39. The monoisotopic (exact) mass is 439 g/mol. The molecule has 0 aliphatic carbocycles. The topological polar surface area (TPSA) is 47.0 Å². The first-order chi connectivity index (χ1) is 14.2. The number of unbranched alkanes of at least 4 members (excludes halogenated alkanes) is 8. The van der Waals surface area contributed by atoms with E-state index in [1.165, 1.54) is 64.2 Å². The van der Waals surface area contributed by atoms with Crippen LogP contribution in [0.15, 0.2) is 11.4 Å². The van der Waals surface area contributed by atoms with Crippen LogP contribution in [0.25, 0.3) is 0 Å². The fraction of sp³-hybridized carbons (Fsp3) is 0.783. The molecule has 0 aliphatic heterocycles. The molecule has 6 heteroatoms. The number of nitrogens with one attached hydrogen (secondary N) is 1. The molecule has 1 atom stereocenters. The average molecular weight is 440 g/mol. The van der Waals surface area contributed by atoms with E-state index in [0.29, 0.717) is 11.8 Å². The van der Waals surface area contributed by atoms with E-state index < -0.39 is 0 Å². The van der Waals surface area contributed by atoms with Gasteiger partial charge in [0.1, 0.15) is 17.0 Å². The van der Waals surface area contributed by atoms with E-state index in [1.54, 1.807) is 25.2 Å². The molecule has 0 fully saturated rings. The van der Waals surface area contributed by atoms with Crippen LogP contribution in [0.1, 0.15) is 97.8 Å². The maximum atomic E-state index is 5.87. The Morgan fingerprint density at radius 1 is 0.966 bits per heavy atom. The predicted octanol–water partition coefficient (Wildman–Crippen LogP) is 7.67. The normalized spacial score (nSPS) is 12.0. The Morgan fingerprint density at radius 2 is 1.55 bits per heavy atom. The fourth-order valence-corrected chi connectivity index (χ4v) is 4.50. The minimum absolute atomic E-state index is 0.414. The second-order valence-electron chi connectivity index (χ2n) is 7.59. The van der Waals surface area contributed by atoms with Gasteiger partial charge in [0.05, 0.1) is 12.1 Å². The van der Waals surface area contributed by atoms with E-state index in [1.807, 2.05) is 0 Å². The molecule has 1 aromatic rings. The molecule has 1 aromatic heterocycles. The van der Waals surface area contributed by atoms with Crippen molar-refractivity contribution in [3.8, 4) is 5.88 Å². The lowest BCUT2D eigenvalue weighted by atomic mass is 9.94. The number of hydrogen-bond acceptors (Lipinski definition) is 5. The third kappa shape index (κ3) is 10.6. The third-order valence-corrected chi connectivity index (χ3v) is 6.49. The molecular formula is C23H41N3OS2. The maximum absolute atomic E-state index is 5.87. The van der Waals surface area contributed by atoms with Crippen molar-refractivity contribution in [2.45, 2.75) is 103 Å². The summed E-state index contributed by atoms with van der Waals surface area (Å²) in [5.74, 6) is 1.93. The first-order valence-electron chi connectivity index (χ1n) is 11.5. The van der Waals surface area contributed by atoms with Gasteiger partial charge in [-0.15, -0.1) is 11.8 Å². The zero-order valence-electron chi connectivity index (χ0n) is 19.0. The second-order valence-corrected chi connectivity index (χ2v) is 9.28. The number of anilines is 1. The SMILES string of the molecule is CCCCCCCCC(CCCCCC)C(=S)Nc1c(OC)ncnc1SCC. The van der Waals surface area contributed by atoms with Gasteiger partial charge in [0.2, 0.25) is 5.88 Å². The number of nitrogens with zero attached hydrogens (tertiary/aromatic N) is 2. The summed E-state index contributed by atoms with van der Waals surface area (Å²) in [4.78, 5) is 9.62. The number of ether oxygens (including phenoxy) is 1. The van der Waals surface area contributed by atoms with Crippen LogP contribution in [-0.4, -0.2) is 27.8 Å². The molecule has 166 valence electrons. The van der Waals surface area contributed by atoms with E-state index in [0.717, 1.165) is 34.3 Å². The Labute approximate surface area is 188 Å². The molecule has 0 spiro atoms. The Hall–Kier alpha value is -0.880. The highest BCUT2D eigenvalue weighted by atomic mass is 32.2. The van der Waals surface area contributed by atoms with Crippen LogP contribution < -0.4 is 10.1 Å². The van der Waals surface area contributed by atoms with Crippen molar-refractivity contribution in [3.05, 3.63) is 6.33 Å². The van der Waals surface area contributed by atoms with Crippen molar-refractivity contribution < 1.29 is 4.74 Å². The van der Waals surface area contributed by atoms with E-state index in [4.69, 9.17) is 17.0 Å². The van der Waals surface area contributed by atoms with Gasteiger partial charge < -0.3 is 10.1 Å². The summed E-state index contributed by atoms with van der Waals surface area (Å²) in [6.07, 6.45) is 16.9. The van der Waals surface area contributed by atoms with Crippen LogP contribution >= 0.6 is 24.0 Å². The molecule has 0 bridgehead atoms. The number of methoxy groups -OCH3 is 1. The summed E-state index contributed by atoms with van der Waals surface area (Å²) in [6.45, 7) is 6.65. The fourth-order valence-electron chi connectivity index (χ4n) is 3.48. The molecule has 0 amide bonds.